The summed E-state index contributed by atoms with van der Waals surface area (Å²) in [5, 5.41) is 67.0. The van der Waals surface area contributed by atoms with Gasteiger partial charge in [0.15, 0.2) is 24.0 Å². The van der Waals surface area contributed by atoms with Crippen LogP contribution in [0.4, 0.5) is 20.4 Å². The van der Waals surface area contributed by atoms with Crippen molar-refractivity contribution in [2.24, 2.45) is 0 Å². The standard InChI is InChI=1S/C20H24FN4O13P3.C13H17FN4O3.C8H22N2O7P2.2C8H18.H8P6/c1-2-20(10-35-40(31,32)38-41(33,34)37-39(28,29)30)17(26)15(21)16(36-20)13-8-9-14-18(22-11-23-25(13)14)24-19(27)12-6-4-3-5-7-12;1-2-13(5-19)11(20)9(14)10(21-13)7-3-4-8-12(15)16-6-17-18(7)8;1-3-5-7-9-19(16-12,17-15-11,18(13)14)10-8-6-4-2;2*1-3-5-7-8-6-4-2;1-4-5-6(2)3/h3-9,11,15-17,26H,2,10H2,1H3,(H,31,32)(H,33,34)(H2,28,29,30)(H,22,23,24,27);3-4,6,9-11,19-20H,2,5H2,1H3,(H2,15,16,17);9-12H,3-8H2,1-2H3;2*3-8H2,1-2H3;4-5H,1-3H2/t15-,16-,17-,20+;9-,10?,11-,13+;;;;/m00..../s1/i;;;;;5T. The third-order valence-corrected chi connectivity index (χ3v) is 39.2. The first-order chi connectivity index (χ1) is 49.1. The van der Waals surface area contributed by atoms with E-state index in [4.69, 9.17) is 36.8 Å². The largest absolute Gasteiger partial charge is 0.490 e. The molecule has 33 nitrogen and oxygen atoms in total. The number of anilines is 2. The van der Waals surface area contributed by atoms with Crippen molar-refractivity contribution in [2.45, 2.75) is 219 Å². The van der Waals surface area contributed by atoms with E-state index in [-0.39, 0.29) is 49.3 Å². The number of benzene rings is 1. The van der Waals surface area contributed by atoms with Gasteiger partial charge < -0.3 is 55.4 Å². The molecule has 103 heavy (non-hydrogen) atoms. The minimum atomic E-state index is -5.79. The van der Waals surface area contributed by atoms with Gasteiger partial charge in [-0.3, -0.25) is 9.32 Å². The van der Waals surface area contributed by atoms with Crippen LogP contribution in [-0.4, -0.2) is 144 Å². The number of ether oxygens (including phenoxy) is 2. The molecule has 6 heterocycles. The van der Waals surface area contributed by atoms with E-state index in [0.29, 0.717) is 36.0 Å². The maximum Gasteiger partial charge on any atom is 0.490 e. The van der Waals surface area contributed by atoms with Crippen molar-refractivity contribution in [3.05, 3.63) is 84.2 Å². The molecular weight excluding hydrogens is 1570 g/mol. The molecule has 2 aliphatic heterocycles. The van der Waals surface area contributed by atoms with Gasteiger partial charge in [0.05, 0.1) is 25.9 Å². The Morgan fingerprint density at radius 1 is 0.728 bits per heavy atom. The number of aliphatic hydroxyl groups excluding tert-OH is 3. The van der Waals surface area contributed by atoms with Crippen LogP contribution in [0.5, 0.6) is 0 Å². The third kappa shape index (κ3) is 30.7. The molecule has 5 aromatic rings. The number of nitrogen functional groups attached to an aromatic ring is 1. The number of halogens is 2. The number of unbranched alkanes of at least 4 members (excludes halogenated alkanes) is 12. The number of phosphoric ester groups is 1. The average Bonchev–Trinajstić information content (AvgIpc) is 1.62. The number of aromatic nitrogens is 6. The maximum absolute atomic E-state index is 15.5. The number of phosphoric acid groups is 3. The summed E-state index contributed by atoms with van der Waals surface area (Å²) < 4.78 is 118. The minimum Gasteiger partial charge on any atom is -0.393 e. The van der Waals surface area contributed by atoms with E-state index in [0.717, 1.165) is 27.1 Å². The summed E-state index contributed by atoms with van der Waals surface area (Å²) in [6.45, 7) is 14.7. The quantitative estimate of drug-likeness (QED) is 0.00755. The number of amides is 1. The molecule has 0 aliphatic carbocycles. The Bertz CT molecular complexity index is 3420. The Balaban J connectivity index is 0.000000488. The molecule has 0 radical (unpaired) electrons. The molecule has 1 amide bonds. The van der Waals surface area contributed by atoms with Gasteiger partial charge in [-0.2, -0.15) is 18.8 Å². The topological polar surface area (TPSA) is 487 Å². The number of nitrogens with one attached hydrogen (secondary N) is 3. The number of rotatable bonds is 38. The Morgan fingerprint density at radius 2 is 1.18 bits per heavy atom. The molecule has 9 unspecified atom stereocenters. The first-order valence-corrected chi connectivity index (χ1v) is 51.7. The van der Waals surface area contributed by atoms with E-state index < -0.39 is 113 Å². The number of aliphatic hydroxyl groups is 3. The monoisotopic (exact) mass is 1680 g/mol. The van der Waals surface area contributed by atoms with Gasteiger partial charge in [0.2, 0.25) is 0 Å². The van der Waals surface area contributed by atoms with Crippen LogP contribution in [0.2, 0.25) is 0 Å². The predicted octanol–water partition coefficient (Wildman–Crippen LogP) is 14.1. The van der Waals surface area contributed by atoms with Crippen molar-refractivity contribution in [1.82, 2.24) is 39.4 Å². The molecule has 4 aromatic heterocycles. The van der Waals surface area contributed by atoms with Gasteiger partial charge in [0.25, 0.3) is 5.91 Å². The Kier molecular flexibility index (Phi) is 45.6. The number of fused-ring (bicyclic) bond motifs is 2. The molecule has 0 saturated carbocycles. The van der Waals surface area contributed by atoms with Gasteiger partial charge in [-0.15, -0.1) is 26.8 Å². The van der Waals surface area contributed by atoms with Gasteiger partial charge in [-0.05, 0) is 56.2 Å². The summed E-state index contributed by atoms with van der Waals surface area (Å²) in [4.78, 5) is 68.5. The molecule has 0 spiro atoms. The summed E-state index contributed by atoms with van der Waals surface area (Å²) in [6.07, 6.45) is 12.5. The fourth-order valence-corrected chi connectivity index (χ4v) is 32.9. The number of alkyl halides is 2. The van der Waals surface area contributed by atoms with Gasteiger partial charge in [0.1, 0.15) is 59.3 Å². The van der Waals surface area contributed by atoms with Gasteiger partial charge in [0, 0.05) is 5.56 Å². The first-order valence-electron chi connectivity index (χ1n) is 33.8. The van der Waals surface area contributed by atoms with Crippen molar-refractivity contribution in [3.8, 4) is 0 Å². The first kappa shape index (κ1) is 95.8. The smallest absolute Gasteiger partial charge is 0.393 e. The molecular formula is C57H107F2N10O23P11. The zero-order valence-corrected chi connectivity index (χ0v) is 69.7. The second-order valence-electron chi connectivity index (χ2n) is 23.2. The number of hydrogen-bond donors (Lipinski definition) is 13. The van der Waals surface area contributed by atoms with Crippen molar-refractivity contribution < 1.29 is 119 Å². The van der Waals surface area contributed by atoms with E-state index in [9.17, 15) is 57.4 Å². The summed E-state index contributed by atoms with van der Waals surface area (Å²) >= 11 is 0. The van der Waals surface area contributed by atoms with Crippen molar-refractivity contribution in [2.75, 3.05) is 37.4 Å². The number of nitrogens with zero attached hydrogens (tertiary/aromatic N) is 6. The molecule has 2 fully saturated rings. The zero-order valence-electron chi connectivity index (χ0n) is 60.0. The van der Waals surface area contributed by atoms with Crippen LogP contribution < -0.4 is 26.1 Å². The van der Waals surface area contributed by atoms with Crippen LogP contribution in [0.25, 0.3) is 11.0 Å². The molecule has 14 N–H and O–H groups in total. The number of hydrogen-bond acceptors (Lipinski definition) is 26. The van der Waals surface area contributed by atoms with Crippen molar-refractivity contribution in [1.29, 1.82) is 1.28 Å². The van der Waals surface area contributed by atoms with Crippen LogP contribution in [0.3, 0.4) is 0 Å². The molecule has 2 aliphatic rings. The van der Waals surface area contributed by atoms with Gasteiger partial charge >= 0.3 is 135 Å². The molecule has 0 bridgehead atoms. The molecule has 2 saturated heterocycles. The molecule has 592 valence electrons. The van der Waals surface area contributed by atoms with Crippen molar-refractivity contribution in [3.63, 3.8) is 0 Å². The fraction of sp³-hybridized carbons (Fsp3) is 0.667. The Hall–Kier alpha value is -1.41. The number of nitrogens with two attached hydrogens (primary N) is 1. The van der Waals surface area contributed by atoms with E-state index >= 15 is 4.39 Å². The van der Waals surface area contributed by atoms with E-state index in [2.05, 4.69) is 118 Å². The molecule has 46 heteroatoms. The normalized spacial score (nSPS) is 22.5. The van der Waals surface area contributed by atoms with Crippen LogP contribution >= 0.6 is 87.9 Å². The molecule has 16 atom stereocenters. The summed E-state index contributed by atoms with van der Waals surface area (Å²) in [5.41, 5.74) is 4.07. The van der Waals surface area contributed by atoms with E-state index in [1.165, 1.54) is 111 Å². The average molecular weight is 1680 g/mol. The molecule has 1 aromatic carbocycles. The third-order valence-electron chi connectivity index (χ3n) is 15.7. The zero-order chi connectivity index (χ0) is 78.6. The van der Waals surface area contributed by atoms with Crippen LogP contribution in [-0.2, 0) is 55.3 Å². The second kappa shape index (κ2) is 49.1. The second-order valence-corrected chi connectivity index (χ2v) is 49.9. The van der Waals surface area contributed by atoms with Crippen LogP contribution in [0.15, 0.2) is 67.3 Å². The van der Waals surface area contributed by atoms with Crippen molar-refractivity contribution >= 4 is 116 Å². The van der Waals surface area contributed by atoms with E-state index in [1.54, 1.807) is 49.4 Å². The Morgan fingerprint density at radius 3 is 1.58 bits per heavy atom. The Labute approximate surface area is 613 Å². The van der Waals surface area contributed by atoms with Crippen LogP contribution in [0, 0.1) is 0 Å². The van der Waals surface area contributed by atoms with E-state index in [1.807, 2.05) is 13.8 Å². The minimum absolute atomic E-state index is 0.0674. The summed E-state index contributed by atoms with van der Waals surface area (Å²) in [6, 6.07) is 14.4. The van der Waals surface area contributed by atoms with Gasteiger partial charge in [-0.1, -0.05) is 153 Å². The van der Waals surface area contributed by atoms with Crippen LogP contribution in [0.1, 0.15) is 205 Å². The fourth-order valence-electron chi connectivity index (χ4n) is 9.99. The van der Waals surface area contributed by atoms with Gasteiger partial charge in [-0.25, -0.2) is 41.5 Å². The predicted molar refractivity (Wildman–Crippen MR) is 407 cm³/mol. The number of carbonyl (C=O) groups is 1. The summed E-state index contributed by atoms with van der Waals surface area (Å²) in [7, 11) is -17.0. The number of carbonyl (C=O) groups excluding carboxylic acids is 1. The molecule has 7 rings (SSSR count). The summed E-state index contributed by atoms with van der Waals surface area (Å²) in [5.74, 6) is -0.112. The maximum atomic E-state index is 15.5. The SMILES string of the molecule is CCCCCCCC.CCCCCCCC.CCCCNP(NCCCC)(OO)(OOO)[P+](=O)[O-].CC[C@]1(CO)OC(c2ccc3c(N)ncnn23)[C@H](F)[C@@H]1O.CC[C@]1(COP(=O)(O)OP(=O)(O)OP(=O)(O)O)O[C@@H](c2ccc3c(NC(=O)c4ccccc4)ncnn23)[C@H](F)[C@@H]1O.[3H]P(PP)P(P)P.